The standard InChI is InChI=1S/C30H41N3O2/c1-4-5-6-7-10-15-22(34)16-11-8-9-14-19-33-29-23-17-12-13-18-24(23)30(35)26-25(29)27(31)20(2)21(3)28(26)32/h12-13,17-18H,4-11,14-16,19,31-32H2,1-3H3. The molecule has 0 heterocycles. The number of ketones is 2. The van der Waals surface area contributed by atoms with Gasteiger partial charge in [-0.1, -0.05) is 69.7 Å². The van der Waals surface area contributed by atoms with E-state index in [1.54, 1.807) is 0 Å². The van der Waals surface area contributed by atoms with Crippen molar-refractivity contribution in [1.82, 2.24) is 0 Å². The van der Waals surface area contributed by atoms with Crippen LogP contribution in [0.1, 0.15) is 116 Å². The van der Waals surface area contributed by atoms with E-state index in [2.05, 4.69) is 6.92 Å². The van der Waals surface area contributed by atoms with E-state index in [1.165, 1.54) is 25.7 Å². The van der Waals surface area contributed by atoms with Crippen LogP contribution in [0.5, 0.6) is 0 Å². The lowest BCUT2D eigenvalue weighted by Crippen LogP contribution is -2.26. The van der Waals surface area contributed by atoms with Crippen molar-refractivity contribution < 1.29 is 9.59 Å². The molecule has 188 valence electrons. The van der Waals surface area contributed by atoms with Gasteiger partial charge in [-0.05, 0) is 44.2 Å². The van der Waals surface area contributed by atoms with E-state index in [0.29, 0.717) is 46.8 Å². The van der Waals surface area contributed by atoms with Crippen molar-refractivity contribution in [2.75, 3.05) is 18.0 Å². The average molecular weight is 476 g/mol. The molecule has 0 spiro atoms. The average Bonchev–Trinajstić information content (AvgIpc) is 2.86. The van der Waals surface area contributed by atoms with E-state index in [1.807, 2.05) is 38.1 Å². The predicted molar refractivity (Wildman–Crippen MR) is 147 cm³/mol. The first-order chi connectivity index (χ1) is 16.9. The molecule has 1 aliphatic rings. The molecule has 0 saturated carbocycles. The number of carbonyl (C=O) groups is 2. The van der Waals surface area contributed by atoms with Gasteiger partial charge in [-0.15, -0.1) is 0 Å². The Balaban J connectivity index is 1.60. The molecule has 5 nitrogen and oxygen atoms in total. The second-order valence-corrected chi connectivity index (χ2v) is 9.80. The first kappa shape index (κ1) is 26.7. The van der Waals surface area contributed by atoms with Crippen LogP contribution in [-0.2, 0) is 4.79 Å². The number of hydrogen-bond acceptors (Lipinski definition) is 5. The Labute approximate surface area is 210 Å². The Hall–Kier alpha value is -2.95. The Kier molecular flexibility index (Phi) is 9.64. The zero-order valence-electron chi connectivity index (χ0n) is 21.7. The number of nitrogens with zero attached hydrogens (tertiary/aromatic N) is 1. The number of anilines is 2. The van der Waals surface area contributed by atoms with Crippen molar-refractivity contribution in [2.24, 2.45) is 4.99 Å². The molecule has 2 aromatic rings. The van der Waals surface area contributed by atoms with Crippen LogP contribution >= 0.6 is 0 Å². The number of nitrogens with two attached hydrogens (primary N) is 2. The number of unbranched alkanes of at least 4 members (excludes halogenated alkanes) is 7. The number of Topliss-reactive ketones (excluding diaryl/α,β-unsaturated/α-hetero) is 1. The van der Waals surface area contributed by atoms with E-state index in [9.17, 15) is 9.59 Å². The molecular formula is C30H41N3O2. The number of nitrogen functional groups attached to an aromatic ring is 2. The lowest BCUT2D eigenvalue weighted by molar-refractivity contribution is -0.119. The van der Waals surface area contributed by atoms with Gasteiger partial charge in [0, 0.05) is 47.5 Å². The van der Waals surface area contributed by atoms with Gasteiger partial charge in [-0.3, -0.25) is 14.6 Å². The second kappa shape index (κ2) is 12.7. The number of rotatable bonds is 13. The van der Waals surface area contributed by atoms with Crippen molar-refractivity contribution in [3.63, 3.8) is 0 Å². The number of aliphatic imine (C=N–C) groups is 1. The lowest BCUT2D eigenvalue weighted by atomic mass is 9.79. The van der Waals surface area contributed by atoms with Crippen LogP contribution < -0.4 is 11.5 Å². The van der Waals surface area contributed by atoms with Gasteiger partial charge >= 0.3 is 0 Å². The van der Waals surface area contributed by atoms with E-state index in [4.69, 9.17) is 16.5 Å². The Morgan fingerprint density at radius 3 is 1.94 bits per heavy atom. The number of fused-ring (bicyclic) bond motifs is 2. The summed E-state index contributed by atoms with van der Waals surface area (Å²) in [6, 6.07) is 7.57. The maximum Gasteiger partial charge on any atom is 0.196 e. The number of hydrogen-bond donors (Lipinski definition) is 2. The van der Waals surface area contributed by atoms with Crippen LogP contribution in [0.3, 0.4) is 0 Å². The zero-order chi connectivity index (χ0) is 25.4. The van der Waals surface area contributed by atoms with Crippen LogP contribution in [0.4, 0.5) is 11.4 Å². The van der Waals surface area contributed by atoms with Gasteiger partial charge in [0.15, 0.2) is 5.78 Å². The third-order valence-electron chi connectivity index (χ3n) is 7.24. The van der Waals surface area contributed by atoms with Gasteiger partial charge < -0.3 is 11.5 Å². The molecule has 0 bridgehead atoms. The van der Waals surface area contributed by atoms with Crippen LogP contribution in [0.25, 0.3) is 0 Å². The summed E-state index contributed by atoms with van der Waals surface area (Å²) in [6.07, 6.45) is 11.3. The Bertz CT molecular complexity index is 1100. The van der Waals surface area contributed by atoms with Crippen molar-refractivity contribution in [3.05, 3.63) is 57.6 Å². The van der Waals surface area contributed by atoms with Gasteiger partial charge in [0.25, 0.3) is 0 Å². The molecule has 0 aliphatic heterocycles. The summed E-state index contributed by atoms with van der Waals surface area (Å²) in [7, 11) is 0. The molecule has 0 fully saturated rings. The third-order valence-corrected chi connectivity index (χ3v) is 7.24. The van der Waals surface area contributed by atoms with E-state index < -0.39 is 0 Å². The molecule has 0 amide bonds. The maximum atomic E-state index is 13.3. The van der Waals surface area contributed by atoms with Crippen LogP contribution in [-0.4, -0.2) is 23.8 Å². The first-order valence-corrected chi connectivity index (χ1v) is 13.3. The molecule has 0 saturated heterocycles. The highest BCUT2D eigenvalue weighted by molar-refractivity contribution is 6.33. The van der Waals surface area contributed by atoms with Crippen molar-refractivity contribution in [2.45, 2.75) is 91.4 Å². The minimum atomic E-state index is -0.0862. The highest BCUT2D eigenvalue weighted by Crippen LogP contribution is 2.38. The highest BCUT2D eigenvalue weighted by Gasteiger charge is 2.33. The van der Waals surface area contributed by atoms with E-state index >= 15 is 0 Å². The summed E-state index contributed by atoms with van der Waals surface area (Å²) >= 11 is 0. The maximum absolute atomic E-state index is 13.3. The summed E-state index contributed by atoms with van der Waals surface area (Å²) in [5.41, 5.74) is 19.1. The lowest BCUT2D eigenvalue weighted by Gasteiger charge is -2.26. The molecule has 0 radical (unpaired) electrons. The van der Waals surface area contributed by atoms with Crippen LogP contribution in [0.2, 0.25) is 0 Å². The van der Waals surface area contributed by atoms with Gasteiger partial charge in [-0.25, -0.2) is 0 Å². The van der Waals surface area contributed by atoms with Gasteiger partial charge in [0.1, 0.15) is 5.78 Å². The Morgan fingerprint density at radius 2 is 1.31 bits per heavy atom. The summed E-state index contributed by atoms with van der Waals surface area (Å²) in [5, 5.41) is 0. The summed E-state index contributed by atoms with van der Waals surface area (Å²) in [5.74, 6) is 0.317. The van der Waals surface area contributed by atoms with E-state index in [0.717, 1.165) is 60.9 Å². The zero-order valence-corrected chi connectivity index (χ0v) is 21.7. The summed E-state index contributed by atoms with van der Waals surface area (Å²) in [6.45, 7) is 6.70. The molecular weight excluding hydrogens is 434 g/mol. The topological polar surface area (TPSA) is 98.5 Å². The normalized spacial score (nSPS) is 13.7. The molecule has 0 aromatic heterocycles. The smallest absolute Gasteiger partial charge is 0.196 e. The molecule has 1 aliphatic carbocycles. The molecule has 5 heteroatoms. The summed E-state index contributed by atoms with van der Waals surface area (Å²) < 4.78 is 0. The first-order valence-electron chi connectivity index (χ1n) is 13.3. The van der Waals surface area contributed by atoms with Gasteiger partial charge in [0.05, 0.1) is 11.3 Å². The van der Waals surface area contributed by atoms with Gasteiger partial charge in [-0.2, -0.15) is 0 Å². The van der Waals surface area contributed by atoms with Crippen molar-refractivity contribution in [3.8, 4) is 0 Å². The van der Waals surface area contributed by atoms with Crippen LogP contribution in [0.15, 0.2) is 29.3 Å². The highest BCUT2D eigenvalue weighted by atomic mass is 16.1. The van der Waals surface area contributed by atoms with Gasteiger partial charge in [0.2, 0.25) is 0 Å². The molecule has 2 aromatic carbocycles. The molecule has 4 N–H and O–H groups in total. The molecule has 35 heavy (non-hydrogen) atoms. The second-order valence-electron chi connectivity index (χ2n) is 9.80. The molecule has 0 atom stereocenters. The van der Waals surface area contributed by atoms with Crippen LogP contribution in [0, 0.1) is 13.8 Å². The largest absolute Gasteiger partial charge is 0.398 e. The molecule has 3 rings (SSSR count). The van der Waals surface area contributed by atoms with Crippen molar-refractivity contribution >= 4 is 28.7 Å². The fraction of sp³-hybridized carbons (Fsp3) is 0.500. The fourth-order valence-electron chi connectivity index (χ4n) is 4.88. The minimum absolute atomic E-state index is 0.0862. The predicted octanol–water partition coefficient (Wildman–Crippen LogP) is 6.73. The third kappa shape index (κ3) is 6.19. The number of carbonyl (C=O) groups excluding carboxylic acids is 2. The summed E-state index contributed by atoms with van der Waals surface area (Å²) in [4.78, 5) is 30.3. The quantitative estimate of drug-likeness (QED) is 0.211. The Morgan fingerprint density at radius 1 is 0.771 bits per heavy atom. The number of benzene rings is 2. The minimum Gasteiger partial charge on any atom is -0.398 e. The SMILES string of the molecule is CCCCCCCC(=O)CCCCCCN=C1c2ccccc2C(=O)c2c(N)c(C)c(C)c(N)c21. The molecule has 0 unspecified atom stereocenters. The monoisotopic (exact) mass is 475 g/mol. The fourth-order valence-corrected chi connectivity index (χ4v) is 4.88. The van der Waals surface area contributed by atoms with E-state index in [-0.39, 0.29) is 5.78 Å². The van der Waals surface area contributed by atoms with Crippen molar-refractivity contribution in [1.29, 1.82) is 0 Å².